The van der Waals surface area contributed by atoms with E-state index in [1.54, 1.807) is 18.2 Å². The number of nitrogens with two attached hydrogens (primary N) is 1. The molecule has 5 rings (SSSR count). The van der Waals surface area contributed by atoms with E-state index in [0.29, 0.717) is 42.8 Å². The van der Waals surface area contributed by atoms with Crippen molar-refractivity contribution in [3.05, 3.63) is 36.0 Å². The van der Waals surface area contributed by atoms with Gasteiger partial charge < -0.3 is 15.2 Å². The Morgan fingerprint density at radius 2 is 1.87 bits per heavy atom. The minimum Gasteiger partial charge on any atom is -0.369 e. The highest BCUT2D eigenvalue weighted by molar-refractivity contribution is 5.77. The lowest BCUT2D eigenvalue weighted by Crippen LogP contribution is -2.41. The molecule has 0 spiro atoms. The average Bonchev–Trinajstić information content (AvgIpc) is 3.48. The largest absolute Gasteiger partial charge is 0.369 e. The highest BCUT2D eigenvalue weighted by atomic mass is 19.1. The van der Waals surface area contributed by atoms with E-state index in [1.807, 2.05) is 4.90 Å². The van der Waals surface area contributed by atoms with Gasteiger partial charge in [0.1, 0.15) is 5.82 Å². The van der Waals surface area contributed by atoms with Gasteiger partial charge in [0.25, 0.3) is 0 Å². The molecule has 158 valence electrons. The number of amides is 2. The van der Waals surface area contributed by atoms with Gasteiger partial charge in [0.15, 0.2) is 0 Å². The number of carbonyl (C=O) groups is 2. The summed E-state index contributed by atoms with van der Waals surface area (Å²) in [6.45, 7) is 1.77. The molecule has 9 heteroatoms. The zero-order valence-electron chi connectivity index (χ0n) is 16.5. The second-order valence-electron chi connectivity index (χ2n) is 8.47. The molecule has 2 bridgehead atoms. The number of hydrogen-bond donors (Lipinski definition) is 1. The van der Waals surface area contributed by atoms with Gasteiger partial charge >= 0.3 is 0 Å². The zero-order valence-corrected chi connectivity index (χ0v) is 16.5. The van der Waals surface area contributed by atoms with E-state index in [4.69, 9.17) is 10.3 Å². The van der Waals surface area contributed by atoms with Crippen LogP contribution in [-0.2, 0) is 16.0 Å². The van der Waals surface area contributed by atoms with Gasteiger partial charge in [-0.1, -0.05) is 17.3 Å². The number of rotatable bonds is 6. The second kappa shape index (κ2) is 7.46. The molecule has 30 heavy (non-hydrogen) atoms. The van der Waals surface area contributed by atoms with Crippen LogP contribution in [0.4, 0.5) is 4.39 Å². The Labute approximate surface area is 173 Å². The van der Waals surface area contributed by atoms with Crippen LogP contribution >= 0.6 is 0 Å². The molecule has 3 aliphatic rings. The van der Waals surface area contributed by atoms with Crippen molar-refractivity contribution < 1.29 is 18.5 Å². The normalized spacial score (nSPS) is 27.6. The molecule has 4 atom stereocenters. The minimum absolute atomic E-state index is 0.0656. The van der Waals surface area contributed by atoms with Crippen molar-refractivity contribution in [3.8, 4) is 11.4 Å². The first kappa shape index (κ1) is 19.2. The summed E-state index contributed by atoms with van der Waals surface area (Å²) in [4.78, 5) is 32.5. The average molecular weight is 413 g/mol. The molecule has 2 aromatic rings. The summed E-state index contributed by atoms with van der Waals surface area (Å²) in [7, 11) is 0. The van der Waals surface area contributed by atoms with Crippen molar-refractivity contribution in [3.63, 3.8) is 0 Å². The number of halogens is 1. The first-order valence-corrected chi connectivity index (χ1v) is 10.4. The van der Waals surface area contributed by atoms with E-state index in [-0.39, 0.29) is 29.6 Å². The van der Waals surface area contributed by atoms with Gasteiger partial charge in [0.05, 0.1) is 12.1 Å². The molecule has 1 aromatic heterocycles. The van der Waals surface area contributed by atoms with Crippen molar-refractivity contribution in [2.24, 2.45) is 17.6 Å². The van der Waals surface area contributed by atoms with Gasteiger partial charge in [-0.2, -0.15) is 4.98 Å². The summed E-state index contributed by atoms with van der Waals surface area (Å²) in [5.41, 5.74) is 5.69. The van der Waals surface area contributed by atoms with Gasteiger partial charge in [0, 0.05) is 38.0 Å². The van der Waals surface area contributed by atoms with Crippen LogP contribution in [0.3, 0.4) is 0 Å². The Hall–Kier alpha value is -2.81. The number of nitrogens with zero attached hydrogens (tertiary/aromatic N) is 4. The molecule has 0 unspecified atom stereocenters. The fourth-order valence-electron chi connectivity index (χ4n) is 5.61. The Morgan fingerprint density at radius 3 is 2.53 bits per heavy atom. The maximum absolute atomic E-state index is 13.9. The van der Waals surface area contributed by atoms with Crippen molar-refractivity contribution in [1.29, 1.82) is 0 Å². The summed E-state index contributed by atoms with van der Waals surface area (Å²) < 4.78 is 19.1. The van der Waals surface area contributed by atoms with Crippen molar-refractivity contribution in [2.75, 3.05) is 19.6 Å². The SMILES string of the molecule is NC(=O)CN1[C@@H]2CC[C@H]1[C@H]1CN(C(=O)CCc3nc(-c4ccccc4F)no3)C[C@H]12. The third kappa shape index (κ3) is 3.27. The molecule has 0 aliphatic carbocycles. The van der Waals surface area contributed by atoms with Crippen LogP contribution in [0.25, 0.3) is 11.4 Å². The highest BCUT2D eigenvalue weighted by Crippen LogP contribution is 2.49. The van der Waals surface area contributed by atoms with Gasteiger partial charge in [-0.3, -0.25) is 14.5 Å². The van der Waals surface area contributed by atoms with Crippen LogP contribution in [0.2, 0.25) is 0 Å². The number of benzene rings is 1. The lowest BCUT2D eigenvalue weighted by atomic mass is 9.82. The first-order valence-electron chi connectivity index (χ1n) is 10.4. The van der Waals surface area contributed by atoms with E-state index in [2.05, 4.69) is 15.0 Å². The van der Waals surface area contributed by atoms with Gasteiger partial charge in [-0.25, -0.2) is 4.39 Å². The smallest absolute Gasteiger partial charge is 0.231 e. The predicted molar refractivity (Wildman–Crippen MR) is 104 cm³/mol. The fourth-order valence-corrected chi connectivity index (χ4v) is 5.61. The summed E-state index contributed by atoms with van der Waals surface area (Å²) in [6.07, 6.45) is 2.75. The molecule has 0 radical (unpaired) electrons. The maximum Gasteiger partial charge on any atom is 0.231 e. The molecule has 1 aromatic carbocycles. The minimum atomic E-state index is -0.412. The fraction of sp³-hybridized carbons (Fsp3) is 0.524. The molecule has 0 saturated carbocycles. The van der Waals surface area contributed by atoms with Crippen LogP contribution in [0, 0.1) is 17.7 Å². The molecule has 8 nitrogen and oxygen atoms in total. The Balaban J connectivity index is 1.18. The van der Waals surface area contributed by atoms with Crippen LogP contribution in [0.15, 0.2) is 28.8 Å². The quantitative estimate of drug-likeness (QED) is 0.763. The number of hydrogen-bond acceptors (Lipinski definition) is 6. The third-order valence-electron chi connectivity index (χ3n) is 6.84. The first-order chi connectivity index (χ1) is 14.5. The maximum atomic E-state index is 13.9. The molecule has 2 amide bonds. The van der Waals surface area contributed by atoms with E-state index in [0.717, 1.165) is 25.9 Å². The van der Waals surface area contributed by atoms with Crippen LogP contribution in [0.5, 0.6) is 0 Å². The summed E-state index contributed by atoms with van der Waals surface area (Å²) in [6, 6.07) is 6.95. The van der Waals surface area contributed by atoms with Crippen LogP contribution < -0.4 is 5.73 Å². The number of likely N-dealkylation sites (tertiary alicyclic amines) is 1. The summed E-state index contributed by atoms with van der Waals surface area (Å²) in [5, 5.41) is 3.84. The number of fused-ring (bicyclic) bond motifs is 5. The van der Waals surface area contributed by atoms with Gasteiger partial charge in [-0.15, -0.1) is 0 Å². The van der Waals surface area contributed by atoms with E-state index in [9.17, 15) is 14.0 Å². The van der Waals surface area contributed by atoms with Gasteiger partial charge in [-0.05, 0) is 36.8 Å². The molecule has 2 N–H and O–H groups in total. The predicted octanol–water partition coefficient (Wildman–Crippen LogP) is 1.21. The third-order valence-corrected chi connectivity index (χ3v) is 6.84. The van der Waals surface area contributed by atoms with Crippen molar-refractivity contribution >= 4 is 11.8 Å². The molecular formula is C21H24FN5O3. The van der Waals surface area contributed by atoms with Crippen molar-refractivity contribution in [1.82, 2.24) is 19.9 Å². The van der Waals surface area contributed by atoms with E-state index >= 15 is 0 Å². The van der Waals surface area contributed by atoms with Crippen molar-refractivity contribution in [2.45, 2.75) is 37.8 Å². The second-order valence-corrected chi connectivity index (χ2v) is 8.47. The topological polar surface area (TPSA) is 106 Å². The van der Waals surface area contributed by atoms with Crippen LogP contribution in [0.1, 0.15) is 25.2 Å². The molecule has 4 heterocycles. The molecular weight excluding hydrogens is 389 g/mol. The lowest BCUT2D eigenvalue weighted by molar-refractivity contribution is -0.131. The molecule has 3 saturated heterocycles. The van der Waals surface area contributed by atoms with E-state index in [1.165, 1.54) is 6.07 Å². The van der Waals surface area contributed by atoms with E-state index < -0.39 is 5.82 Å². The van der Waals surface area contributed by atoms with Gasteiger partial charge in [0.2, 0.25) is 23.5 Å². The highest BCUT2D eigenvalue weighted by Gasteiger charge is 2.56. The number of primary amides is 1. The molecule has 3 fully saturated rings. The number of carbonyl (C=O) groups excluding carboxylic acids is 2. The summed E-state index contributed by atoms with van der Waals surface area (Å²) in [5.74, 6) is 0.729. The molecule has 3 aliphatic heterocycles. The monoisotopic (exact) mass is 413 g/mol. The Morgan fingerprint density at radius 1 is 1.17 bits per heavy atom. The zero-order chi connectivity index (χ0) is 20.8. The Kier molecular flexibility index (Phi) is 4.77. The number of aromatic nitrogens is 2. The standard InChI is InChI=1S/C21H24FN5O3/c22-15-4-2-1-3-12(15)21-24-19(30-25-21)7-8-20(29)26-9-13-14(10-26)17-6-5-16(13)27(17)11-18(23)28/h1-4,13-14,16-17H,5-11H2,(H2,23,28)/t13-,14+,16-,17+. The van der Waals surface area contributed by atoms with Crippen LogP contribution in [-0.4, -0.2) is 63.5 Å². The Bertz CT molecular complexity index is 959. The summed E-state index contributed by atoms with van der Waals surface area (Å²) >= 11 is 0. The number of aryl methyl sites for hydroxylation is 1. The lowest BCUT2D eigenvalue weighted by Gasteiger charge is -2.25.